The molecule has 21 heavy (non-hydrogen) atoms. The van der Waals surface area contributed by atoms with Crippen LogP contribution in [0.5, 0.6) is 0 Å². The first kappa shape index (κ1) is 14.7. The van der Waals surface area contributed by atoms with E-state index in [1.165, 1.54) is 6.42 Å². The Hall–Kier alpha value is -1.27. The number of nitrogens with two attached hydrogens (primary N) is 1. The van der Waals surface area contributed by atoms with Gasteiger partial charge in [0.1, 0.15) is 5.69 Å². The molecule has 0 atom stereocenters. The van der Waals surface area contributed by atoms with Gasteiger partial charge in [-0.3, -0.25) is 0 Å². The molecule has 5 nitrogen and oxygen atoms in total. The molecule has 1 saturated carbocycles. The van der Waals surface area contributed by atoms with Gasteiger partial charge < -0.3 is 10.3 Å². The van der Waals surface area contributed by atoms with Crippen LogP contribution in [0.4, 0.5) is 0 Å². The van der Waals surface area contributed by atoms with E-state index < -0.39 is 5.54 Å². The fraction of sp³-hybridized carbons (Fsp3) is 0.533. The standard InChI is InChI=1S/C15H19BrN4O/c1-2-10-5-7-15(17,8-6-10)14-19-13(21-20-14)12-4-3-11(16)9-18-12/h3-4,9-10H,2,5-8,17H2,1H3. The number of halogens is 1. The van der Waals surface area contributed by atoms with E-state index in [9.17, 15) is 0 Å². The average molecular weight is 351 g/mol. The van der Waals surface area contributed by atoms with Crippen molar-refractivity contribution in [3.63, 3.8) is 0 Å². The van der Waals surface area contributed by atoms with Gasteiger partial charge in [0.2, 0.25) is 0 Å². The molecule has 0 amide bonds. The predicted octanol–water partition coefficient (Wildman–Crippen LogP) is 3.65. The minimum absolute atomic E-state index is 0.430. The van der Waals surface area contributed by atoms with E-state index >= 15 is 0 Å². The second kappa shape index (κ2) is 5.85. The maximum Gasteiger partial charge on any atom is 0.276 e. The highest BCUT2D eigenvalue weighted by atomic mass is 79.9. The smallest absolute Gasteiger partial charge is 0.276 e. The van der Waals surface area contributed by atoms with Gasteiger partial charge in [0.05, 0.1) is 5.54 Å². The molecule has 3 rings (SSSR count). The van der Waals surface area contributed by atoms with Crippen molar-refractivity contribution in [2.75, 3.05) is 0 Å². The third-order valence-electron chi connectivity index (χ3n) is 4.39. The van der Waals surface area contributed by atoms with Gasteiger partial charge >= 0.3 is 0 Å². The van der Waals surface area contributed by atoms with Crippen molar-refractivity contribution in [1.29, 1.82) is 0 Å². The van der Waals surface area contributed by atoms with Crippen LogP contribution in [-0.2, 0) is 5.54 Å². The van der Waals surface area contributed by atoms with Crippen LogP contribution in [0, 0.1) is 5.92 Å². The lowest BCUT2D eigenvalue weighted by molar-refractivity contribution is 0.216. The van der Waals surface area contributed by atoms with E-state index in [1.54, 1.807) is 6.20 Å². The van der Waals surface area contributed by atoms with Gasteiger partial charge in [-0.05, 0) is 59.7 Å². The number of hydrogen-bond acceptors (Lipinski definition) is 5. The summed E-state index contributed by atoms with van der Waals surface area (Å²) in [6.07, 6.45) is 7.03. The molecular weight excluding hydrogens is 332 g/mol. The first-order valence-electron chi connectivity index (χ1n) is 7.36. The quantitative estimate of drug-likeness (QED) is 0.913. The summed E-state index contributed by atoms with van der Waals surface area (Å²) in [5.41, 5.74) is 6.71. The van der Waals surface area contributed by atoms with Gasteiger partial charge in [0.25, 0.3) is 5.89 Å². The Kier molecular flexibility index (Phi) is 4.08. The van der Waals surface area contributed by atoms with Crippen LogP contribution in [-0.4, -0.2) is 15.1 Å². The molecule has 0 unspecified atom stereocenters. The fourth-order valence-electron chi connectivity index (χ4n) is 2.86. The average Bonchev–Trinajstić information content (AvgIpc) is 2.99. The highest BCUT2D eigenvalue weighted by Gasteiger charge is 2.37. The lowest BCUT2D eigenvalue weighted by atomic mass is 9.76. The molecule has 0 saturated heterocycles. The zero-order chi connectivity index (χ0) is 14.9. The molecule has 112 valence electrons. The second-order valence-corrected chi connectivity index (χ2v) is 6.71. The van der Waals surface area contributed by atoms with Crippen LogP contribution in [0.15, 0.2) is 27.3 Å². The molecule has 6 heteroatoms. The molecule has 0 aliphatic heterocycles. The predicted molar refractivity (Wildman–Crippen MR) is 83.3 cm³/mol. The molecule has 0 aromatic carbocycles. The first-order chi connectivity index (χ1) is 10.1. The molecule has 0 spiro atoms. The zero-order valence-electron chi connectivity index (χ0n) is 12.1. The molecule has 1 fully saturated rings. The van der Waals surface area contributed by atoms with E-state index in [-0.39, 0.29) is 0 Å². The van der Waals surface area contributed by atoms with Crippen LogP contribution < -0.4 is 5.73 Å². The summed E-state index contributed by atoms with van der Waals surface area (Å²) < 4.78 is 6.26. The molecule has 0 bridgehead atoms. The monoisotopic (exact) mass is 350 g/mol. The molecule has 1 aliphatic carbocycles. The lowest BCUT2D eigenvalue weighted by Gasteiger charge is -2.34. The number of hydrogen-bond donors (Lipinski definition) is 1. The molecular formula is C15H19BrN4O. The molecule has 2 N–H and O–H groups in total. The van der Waals surface area contributed by atoms with Gasteiger partial charge in [0, 0.05) is 10.7 Å². The second-order valence-electron chi connectivity index (χ2n) is 5.79. The number of rotatable bonds is 3. The maximum atomic E-state index is 6.50. The Morgan fingerprint density at radius 3 is 2.76 bits per heavy atom. The fourth-order valence-corrected chi connectivity index (χ4v) is 3.09. The summed E-state index contributed by atoms with van der Waals surface area (Å²) >= 11 is 3.36. The molecule has 0 radical (unpaired) electrons. The SMILES string of the molecule is CCC1CCC(N)(c2noc(-c3ccc(Br)cn3)n2)CC1. The Morgan fingerprint density at radius 2 is 2.14 bits per heavy atom. The van der Waals surface area contributed by atoms with E-state index in [0.717, 1.165) is 36.1 Å². The van der Waals surface area contributed by atoms with E-state index in [2.05, 4.69) is 38.0 Å². The van der Waals surface area contributed by atoms with Gasteiger partial charge in [-0.15, -0.1) is 0 Å². The molecule has 2 aromatic heterocycles. The van der Waals surface area contributed by atoms with Crippen molar-refractivity contribution in [3.8, 4) is 11.6 Å². The maximum absolute atomic E-state index is 6.50. The normalized spacial score (nSPS) is 26.0. The van der Waals surface area contributed by atoms with Crippen LogP contribution in [0.25, 0.3) is 11.6 Å². The van der Waals surface area contributed by atoms with Gasteiger partial charge in [-0.2, -0.15) is 4.98 Å². The van der Waals surface area contributed by atoms with Crippen LogP contribution in [0.3, 0.4) is 0 Å². The summed E-state index contributed by atoms with van der Waals surface area (Å²) in [7, 11) is 0. The minimum Gasteiger partial charge on any atom is -0.332 e. The highest BCUT2D eigenvalue weighted by molar-refractivity contribution is 9.10. The van der Waals surface area contributed by atoms with Crippen LogP contribution >= 0.6 is 15.9 Å². The Balaban J connectivity index is 1.80. The van der Waals surface area contributed by atoms with Crippen LogP contribution in [0.1, 0.15) is 44.9 Å². The summed E-state index contributed by atoms with van der Waals surface area (Å²) in [6, 6.07) is 3.75. The largest absolute Gasteiger partial charge is 0.332 e. The van der Waals surface area contributed by atoms with Crippen molar-refractivity contribution < 1.29 is 4.52 Å². The highest BCUT2D eigenvalue weighted by Crippen LogP contribution is 2.37. The Labute approximate surface area is 132 Å². The van der Waals surface area contributed by atoms with Crippen molar-refractivity contribution in [1.82, 2.24) is 15.1 Å². The van der Waals surface area contributed by atoms with E-state index in [1.807, 2.05) is 12.1 Å². The number of nitrogens with zero attached hydrogens (tertiary/aromatic N) is 3. The summed E-state index contributed by atoms with van der Waals surface area (Å²) in [4.78, 5) is 8.75. The lowest BCUT2D eigenvalue weighted by Crippen LogP contribution is -2.41. The van der Waals surface area contributed by atoms with Crippen molar-refractivity contribution in [2.24, 2.45) is 11.7 Å². The minimum atomic E-state index is -0.456. The van der Waals surface area contributed by atoms with E-state index in [0.29, 0.717) is 17.4 Å². The van der Waals surface area contributed by atoms with Crippen molar-refractivity contribution in [3.05, 3.63) is 28.6 Å². The Morgan fingerprint density at radius 1 is 1.38 bits per heavy atom. The topological polar surface area (TPSA) is 77.8 Å². The third-order valence-corrected chi connectivity index (χ3v) is 4.86. The summed E-state index contributed by atoms with van der Waals surface area (Å²) in [5.74, 6) is 1.82. The van der Waals surface area contributed by atoms with Crippen molar-refractivity contribution >= 4 is 15.9 Å². The molecule has 1 aliphatic rings. The van der Waals surface area contributed by atoms with Gasteiger partial charge in [-0.25, -0.2) is 4.98 Å². The first-order valence-corrected chi connectivity index (χ1v) is 8.15. The summed E-state index contributed by atoms with van der Waals surface area (Å²) in [5, 5.41) is 4.10. The molecule has 2 heterocycles. The van der Waals surface area contributed by atoms with E-state index in [4.69, 9.17) is 10.3 Å². The zero-order valence-corrected chi connectivity index (χ0v) is 13.6. The number of aromatic nitrogens is 3. The van der Waals surface area contributed by atoms with Gasteiger partial charge in [0.15, 0.2) is 5.82 Å². The number of pyridine rings is 1. The third kappa shape index (κ3) is 3.01. The molecule has 2 aromatic rings. The van der Waals surface area contributed by atoms with Crippen LogP contribution in [0.2, 0.25) is 0 Å². The van der Waals surface area contributed by atoms with Crippen molar-refractivity contribution in [2.45, 2.75) is 44.6 Å². The van der Waals surface area contributed by atoms with Gasteiger partial charge in [-0.1, -0.05) is 18.5 Å². The summed E-state index contributed by atoms with van der Waals surface area (Å²) in [6.45, 7) is 2.24. The Bertz CT molecular complexity index is 602.